The zero-order valence-electron chi connectivity index (χ0n) is 12.2. The average molecular weight is 326 g/mol. The Balaban J connectivity index is 1.95. The highest BCUT2D eigenvalue weighted by Gasteiger charge is 2.06. The van der Waals surface area contributed by atoms with E-state index in [1.165, 1.54) is 23.5 Å². The Hall–Kier alpha value is -1.31. The topological polar surface area (TPSA) is 33.1 Å². The lowest BCUT2D eigenvalue weighted by Gasteiger charge is -2.16. The summed E-state index contributed by atoms with van der Waals surface area (Å²) in [6.07, 6.45) is 1.05. The fourth-order valence-electron chi connectivity index (χ4n) is 1.88. The van der Waals surface area contributed by atoms with Crippen molar-refractivity contribution >= 4 is 28.7 Å². The molecule has 0 amide bonds. The van der Waals surface area contributed by atoms with E-state index in [9.17, 15) is 4.39 Å². The number of hydrogen-bond acceptors (Lipinski definition) is 5. The Morgan fingerprint density at radius 2 is 2.10 bits per heavy atom. The zero-order chi connectivity index (χ0) is 15.2. The molecule has 0 saturated carbocycles. The minimum absolute atomic E-state index is 0.213. The molecule has 0 bridgehead atoms. The molecular formula is C14H19FN4S2. The number of nitrogens with zero attached hydrogens (tertiary/aromatic N) is 3. The Kier molecular flexibility index (Phi) is 5.84. The van der Waals surface area contributed by atoms with Gasteiger partial charge in [0.2, 0.25) is 5.13 Å². The monoisotopic (exact) mass is 326 g/mol. The van der Waals surface area contributed by atoms with Crippen LogP contribution in [0.25, 0.3) is 0 Å². The van der Waals surface area contributed by atoms with Gasteiger partial charge in [-0.1, -0.05) is 30.4 Å². The zero-order valence-corrected chi connectivity index (χ0v) is 13.8. The number of benzene rings is 1. The number of rotatable bonds is 7. The maximum Gasteiger partial charge on any atom is 0.204 e. The molecule has 1 aromatic carbocycles. The van der Waals surface area contributed by atoms with Crippen LogP contribution in [-0.2, 0) is 13.2 Å². The summed E-state index contributed by atoms with van der Waals surface area (Å²) in [5, 5.41) is 8.56. The maximum atomic E-state index is 12.9. The van der Waals surface area contributed by atoms with E-state index in [2.05, 4.69) is 22.2 Å². The smallest absolute Gasteiger partial charge is 0.204 e. The van der Waals surface area contributed by atoms with Crippen LogP contribution in [0.4, 0.5) is 9.52 Å². The van der Waals surface area contributed by atoms with Crippen molar-refractivity contribution < 1.29 is 4.39 Å². The van der Waals surface area contributed by atoms with Crippen molar-refractivity contribution in [1.29, 1.82) is 0 Å². The summed E-state index contributed by atoms with van der Waals surface area (Å²) in [6, 6.07) is 6.54. The third kappa shape index (κ3) is 4.87. The minimum Gasteiger partial charge on any atom is -0.360 e. The maximum absolute atomic E-state index is 12.9. The van der Waals surface area contributed by atoms with Gasteiger partial charge in [-0.25, -0.2) is 9.07 Å². The van der Waals surface area contributed by atoms with Crippen LogP contribution in [-0.4, -0.2) is 28.3 Å². The molecule has 1 N–H and O–H groups in total. The highest BCUT2D eigenvalue weighted by atomic mass is 32.1. The molecule has 0 aliphatic rings. The molecule has 0 fully saturated rings. The van der Waals surface area contributed by atoms with Crippen molar-refractivity contribution in [2.45, 2.75) is 26.6 Å². The van der Waals surface area contributed by atoms with Gasteiger partial charge in [0.1, 0.15) is 5.82 Å². The first-order chi connectivity index (χ1) is 10.1. The third-order valence-corrected chi connectivity index (χ3v) is 4.14. The standard InChI is InChI=1S/C14H19FN4S2/c1-3-8-16-13-17-19(14(20)21-13)10-18(2)9-11-4-6-12(15)7-5-11/h4-7H,3,8-10H2,1-2H3,(H,16,17). The second kappa shape index (κ2) is 7.63. The molecule has 4 nitrogen and oxygen atoms in total. The van der Waals surface area contributed by atoms with Crippen molar-refractivity contribution in [1.82, 2.24) is 14.7 Å². The van der Waals surface area contributed by atoms with Crippen LogP contribution in [0.15, 0.2) is 24.3 Å². The molecule has 2 aromatic rings. The lowest BCUT2D eigenvalue weighted by molar-refractivity contribution is 0.245. The first kappa shape index (κ1) is 16.1. The second-order valence-corrected chi connectivity index (χ2v) is 6.50. The molecule has 0 saturated heterocycles. The van der Waals surface area contributed by atoms with Crippen LogP contribution in [0.2, 0.25) is 0 Å². The lowest BCUT2D eigenvalue weighted by atomic mass is 10.2. The van der Waals surface area contributed by atoms with E-state index in [0.29, 0.717) is 6.67 Å². The highest BCUT2D eigenvalue weighted by Crippen LogP contribution is 2.15. The third-order valence-electron chi connectivity index (χ3n) is 2.87. The molecule has 0 unspecified atom stereocenters. The minimum atomic E-state index is -0.213. The molecule has 21 heavy (non-hydrogen) atoms. The van der Waals surface area contributed by atoms with Gasteiger partial charge in [-0.3, -0.25) is 4.90 Å². The van der Waals surface area contributed by atoms with E-state index in [-0.39, 0.29) is 5.82 Å². The Bertz CT molecular complexity index is 621. The largest absolute Gasteiger partial charge is 0.360 e. The van der Waals surface area contributed by atoms with Crippen LogP contribution >= 0.6 is 23.6 Å². The number of nitrogens with one attached hydrogen (secondary N) is 1. The van der Waals surface area contributed by atoms with Crippen molar-refractivity contribution in [3.63, 3.8) is 0 Å². The quantitative estimate of drug-likeness (QED) is 0.786. The molecule has 0 atom stereocenters. The van der Waals surface area contributed by atoms with E-state index in [4.69, 9.17) is 12.2 Å². The molecule has 1 aromatic heterocycles. The van der Waals surface area contributed by atoms with Gasteiger partial charge in [0, 0.05) is 13.1 Å². The summed E-state index contributed by atoms with van der Waals surface area (Å²) in [7, 11) is 1.99. The molecular weight excluding hydrogens is 307 g/mol. The summed E-state index contributed by atoms with van der Waals surface area (Å²) >= 11 is 6.81. The highest BCUT2D eigenvalue weighted by molar-refractivity contribution is 7.73. The Labute approximate surface area is 133 Å². The SMILES string of the molecule is CCCNc1nn(CN(C)Cc2ccc(F)cc2)c(=S)s1. The number of hydrogen-bond donors (Lipinski definition) is 1. The van der Waals surface area contributed by atoms with Gasteiger partial charge >= 0.3 is 0 Å². The average Bonchev–Trinajstić information content (AvgIpc) is 2.79. The molecule has 1 heterocycles. The molecule has 0 radical (unpaired) electrons. The molecule has 0 aliphatic carbocycles. The van der Waals surface area contributed by atoms with Crippen LogP contribution in [0.3, 0.4) is 0 Å². The van der Waals surface area contributed by atoms with E-state index in [0.717, 1.165) is 34.2 Å². The predicted molar refractivity (Wildman–Crippen MR) is 87.6 cm³/mol. The number of anilines is 1. The fraction of sp³-hybridized carbons (Fsp3) is 0.429. The van der Waals surface area contributed by atoms with E-state index < -0.39 is 0 Å². The van der Waals surface area contributed by atoms with Crippen molar-refractivity contribution in [3.05, 3.63) is 39.6 Å². The second-order valence-electron chi connectivity index (χ2n) is 4.88. The lowest BCUT2D eigenvalue weighted by Crippen LogP contribution is -2.22. The normalized spacial score (nSPS) is 11.0. The summed E-state index contributed by atoms with van der Waals surface area (Å²) < 4.78 is 15.4. The molecule has 0 spiro atoms. The summed E-state index contributed by atoms with van der Waals surface area (Å²) in [4.78, 5) is 2.09. The number of halogens is 1. The van der Waals surface area contributed by atoms with Crippen LogP contribution in [0, 0.1) is 9.77 Å². The van der Waals surface area contributed by atoms with E-state index in [1.807, 2.05) is 11.7 Å². The van der Waals surface area contributed by atoms with Gasteiger partial charge in [0.25, 0.3) is 0 Å². The number of aromatic nitrogens is 2. The van der Waals surface area contributed by atoms with Crippen molar-refractivity contribution in [2.75, 3.05) is 18.9 Å². The van der Waals surface area contributed by atoms with Gasteiger partial charge in [-0.15, -0.1) is 5.10 Å². The molecule has 7 heteroatoms. The van der Waals surface area contributed by atoms with Crippen molar-refractivity contribution in [3.8, 4) is 0 Å². The van der Waals surface area contributed by atoms with Gasteiger partial charge in [0.15, 0.2) is 3.95 Å². The van der Waals surface area contributed by atoms with Gasteiger partial charge < -0.3 is 5.32 Å². The van der Waals surface area contributed by atoms with E-state index in [1.54, 1.807) is 12.1 Å². The van der Waals surface area contributed by atoms with Gasteiger partial charge in [-0.2, -0.15) is 0 Å². The first-order valence-corrected chi connectivity index (χ1v) is 8.05. The molecule has 0 aliphatic heterocycles. The predicted octanol–water partition coefficient (Wildman–Crippen LogP) is 3.72. The molecule has 114 valence electrons. The Morgan fingerprint density at radius 3 is 2.76 bits per heavy atom. The first-order valence-electron chi connectivity index (χ1n) is 6.83. The van der Waals surface area contributed by atoms with Gasteiger partial charge in [0.05, 0.1) is 6.67 Å². The van der Waals surface area contributed by atoms with Gasteiger partial charge in [-0.05, 0) is 43.4 Å². The van der Waals surface area contributed by atoms with Crippen molar-refractivity contribution in [2.24, 2.45) is 0 Å². The summed E-state index contributed by atoms with van der Waals surface area (Å²) in [5.74, 6) is -0.213. The van der Waals surface area contributed by atoms with Crippen LogP contribution < -0.4 is 5.32 Å². The van der Waals surface area contributed by atoms with Crippen LogP contribution in [0.5, 0.6) is 0 Å². The van der Waals surface area contributed by atoms with Crippen LogP contribution in [0.1, 0.15) is 18.9 Å². The molecule has 2 rings (SSSR count). The van der Waals surface area contributed by atoms with E-state index >= 15 is 0 Å². The summed E-state index contributed by atoms with van der Waals surface area (Å²) in [5.41, 5.74) is 1.06. The summed E-state index contributed by atoms with van der Waals surface area (Å²) in [6.45, 7) is 4.34. The fourth-order valence-corrected chi connectivity index (χ4v) is 2.90. The Morgan fingerprint density at radius 1 is 1.38 bits per heavy atom.